The van der Waals surface area contributed by atoms with Gasteiger partial charge in [-0.15, -0.1) is 0 Å². The lowest BCUT2D eigenvalue weighted by Crippen LogP contribution is -2.47. The predicted octanol–water partition coefficient (Wildman–Crippen LogP) is 0.195. The number of amides is 1. The molecule has 2 fully saturated rings. The summed E-state index contributed by atoms with van der Waals surface area (Å²) in [5.41, 5.74) is 1.92. The van der Waals surface area contributed by atoms with Gasteiger partial charge in [0.2, 0.25) is 5.91 Å². The van der Waals surface area contributed by atoms with Crippen molar-refractivity contribution in [3.05, 3.63) is 24.3 Å². The minimum Gasteiger partial charge on any atom is -0.309 e. The van der Waals surface area contributed by atoms with E-state index in [4.69, 9.17) is 0 Å². The van der Waals surface area contributed by atoms with Crippen molar-refractivity contribution < 1.29 is 4.79 Å². The number of hydrogen-bond acceptors (Lipinski definition) is 5. The van der Waals surface area contributed by atoms with Gasteiger partial charge in [0.15, 0.2) is 0 Å². The first kappa shape index (κ1) is 13.4. The van der Waals surface area contributed by atoms with Crippen LogP contribution in [0.1, 0.15) is 24.6 Å². The number of anilines is 1. The second-order valence-electron chi connectivity index (χ2n) is 6.00. The van der Waals surface area contributed by atoms with E-state index < -0.39 is 0 Å². The van der Waals surface area contributed by atoms with Crippen LogP contribution in [0.3, 0.4) is 0 Å². The number of aromatic nitrogens is 5. The molecule has 0 bridgehead atoms. The maximum Gasteiger partial charge on any atom is 0.227 e. The van der Waals surface area contributed by atoms with Gasteiger partial charge >= 0.3 is 0 Å². The molecule has 22 heavy (non-hydrogen) atoms. The van der Waals surface area contributed by atoms with Crippen molar-refractivity contribution >= 4 is 11.6 Å². The average molecular weight is 301 g/mol. The fourth-order valence-electron chi connectivity index (χ4n) is 3.12. The molecule has 4 heterocycles. The van der Waals surface area contributed by atoms with E-state index in [0.29, 0.717) is 12.5 Å². The van der Waals surface area contributed by atoms with Crippen molar-refractivity contribution in [3.8, 4) is 0 Å². The number of nitrogens with zero attached hydrogens (tertiary/aromatic N) is 7. The van der Waals surface area contributed by atoms with Crippen LogP contribution < -0.4 is 4.90 Å². The van der Waals surface area contributed by atoms with Crippen LogP contribution in [0.4, 0.5) is 5.69 Å². The lowest BCUT2D eigenvalue weighted by Gasteiger charge is -2.38. The van der Waals surface area contributed by atoms with Gasteiger partial charge in [-0.2, -0.15) is 20.1 Å². The number of carbonyl (C=O) groups excluding carboxylic acids is 1. The number of aryl methyl sites for hydroxylation is 1. The van der Waals surface area contributed by atoms with Gasteiger partial charge in [0.05, 0.1) is 29.8 Å². The Morgan fingerprint density at radius 3 is 2.82 bits per heavy atom. The standard InChI is InChI=1S/C14H19N7O/c1-18-15-5-11(17-18)7-19-8-13(9-19)21-10-12(6-16-21)20-4-2-3-14(20)22/h5-6,10,13H,2-4,7-9H2,1H3. The smallest absolute Gasteiger partial charge is 0.227 e. The minimum absolute atomic E-state index is 0.206. The summed E-state index contributed by atoms with van der Waals surface area (Å²) in [7, 11) is 1.83. The molecule has 1 amide bonds. The Morgan fingerprint density at radius 1 is 1.27 bits per heavy atom. The highest BCUT2D eigenvalue weighted by Crippen LogP contribution is 2.26. The predicted molar refractivity (Wildman–Crippen MR) is 79.1 cm³/mol. The largest absolute Gasteiger partial charge is 0.309 e. The molecule has 2 aromatic rings. The fourth-order valence-corrected chi connectivity index (χ4v) is 3.12. The first-order valence-electron chi connectivity index (χ1n) is 7.61. The number of rotatable bonds is 4. The zero-order valence-corrected chi connectivity index (χ0v) is 12.6. The Balaban J connectivity index is 1.35. The van der Waals surface area contributed by atoms with Crippen LogP contribution in [-0.2, 0) is 18.4 Å². The molecule has 4 rings (SSSR count). The van der Waals surface area contributed by atoms with Gasteiger partial charge in [0, 0.05) is 45.8 Å². The van der Waals surface area contributed by atoms with Gasteiger partial charge in [0.1, 0.15) is 0 Å². The van der Waals surface area contributed by atoms with Gasteiger partial charge in [-0.3, -0.25) is 14.4 Å². The van der Waals surface area contributed by atoms with E-state index in [0.717, 1.165) is 44.0 Å². The van der Waals surface area contributed by atoms with Crippen molar-refractivity contribution in [3.63, 3.8) is 0 Å². The van der Waals surface area contributed by atoms with Crippen LogP contribution >= 0.6 is 0 Å². The van der Waals surface area contributed by atoms with Crippen LogP contribution in [0, 0.1) is 0 Å². The van der Waals surface area contributed by atoms with Crippen molar-refractivity contribution in [2.45, 2.75) is 25.4 Å². The number of carbonyl (C=O) groups is 1. The monoisotopic (exact) mass is 301 g/mol. The van der Waals surface area contributed by atoms with Crippen molar-refractivity contribution in [1.29, 1.82) is 0 Å². The summed E-state index contributed by atoms with van der Waals surface area (Å²) in [5.74, 6) is 0.206. The highest BCUT2D eigenvalue weighted by atomic mass is 16.2. The van der Waals surface area contributed by atoms with Crippen LogP contribution in [0.5, 0.6) is 0 Å². The Bertz CT molecular complexity index is 685. The van der Waals surface area contributed by atoms with Crippen molar-refractivity contribution in [2.75, 3.05) is 24.5 Å². The molecule has 0 radical (unpaired) electrons. The van der Waals surface area contributed by atoms with E-state index in [-0.39, 0.29) is 5.91 Å². The summed E-state index contributed by atoms with van der Waals surface area (Å²) in [6.07, 6.45) is 7.19. The number of likely N-dealkylation sites (tertiary alicyclic amines) is 1. The van der Waals surface area contributed by atoms with E-state index >= 15 is 0 Å². The van der Waals surface area contributed by atoms with Crippen molar-refractivity contribution in [2.24, 2.45) is 7.05 Å². The van der Waals surface area contributed by atoms with E-state index in [1.807, 2.05) is 22.8 Å². The third kappa shape index (κ3) is 2.39. The normalized spacial score (nSPS) is 19.9. The molecular formula is C14H19N7O. The van der Waals surface area contributed by atoms with Crippen LogP contribution in [-0.4, -0.2) is 55.2 Å². The van der Waals surface area contributed by atoms with E-state index in [2.05, 4.69) is 20.2 Å². The van der Waals surface area contributed by atoms with Gasteiger partial charge in [-0.1, -0.05) is 0 Å². The zero-order chi connectivity index (χ0) is 15.1. The third-order valence-corrected chi connectivity index (χ3v) is 4.32. The molecule has 2 saturated heterocycles. The average Bonchev–Trinajstić information content (AvgIpc) is 3.14. The highest BCUT2D eigenvalue weighted by Gasteiger charge is 2.30. The molecule has 2 aliphatic heterocycles. The first-order valence-corrected chi connectivity index (χ1v) is 7.61. The Kier molecular flexibility index (Phi) is 3.18. The van der Waals surface area contributed by atoms with Crippen LogP contribution in [0.15, 0.2) is 18.6 Å². The van der Waals surface area contributed by atoms with Crippen LogP contribution in [0.2, 0.25) is 0 Å². The molecule has 116 valence electrons. The zero-order valence-electron chi connectivity index (χ0n) is 12.6. The summed E-state index contributed by atoms with van der Waals surface area (Å²) in [6, 6.07) is 0.378. The highest BCUT2D eigenvalue weighted by molar-refractivity contribution is 5.95. The molecule has 0 unspecified atom stereocenters. The Morgan fingerprint density at radius 2 is 2.14 bits per heavy atom. The maximum absolute atomic E-state index is 11.8. The lowest BCUT2D eigenvalue weighted by atomic mass is 10.1. The van der Waals surface area contributed by atoms with Crippen molar-refractivity contribution in [1.82, 2.24) is 29.7 Å². The molecule has 0 atom stereocenters. The molecule has 8 nitrogen and oxygen atoms in total. The molecule has 0 N–H and O–H groups in total. The van der Waals surface area contributed by atoms with Gasteiger partial charge < -0.3 is 4.90 Å². The summed E-state index contributed by atoms with van der Waals surface area (Å²) >= 11 is 0. The van der Waals surface area contributed by atoms with Gasteiger partial charge in [0.25, 0.3) is 0 Å². The molecule has 8 heteroatoms. The second kappa shape index (κ2) is 5.20. The summed E-state index contributed by atoms with van der Waals surface area (Å²) in [5, 5.41) is 12.8. The molecule has 0 aliphatic carbocycles. The first-order chi connectivity index (χ1) is 10.7. The summed E-state index contributed by atoms with van der Waals surface area (Å²) in [4.78, 5) is 17.5. The Hall–Kier alpha value is -2.22. The molecular weight excluding hydrogens is 282 g/mol. The van der Waals surface area contributed by atoms with Crippen LogP contribution in [0.25, 0.3) is 0 Å². The quantitative estimate of drug-likeness (QED) is 0.806. The molecule has 0 aromatic carbocycles. The minimum atomic E-state index is 0.206. The second-order valence-corrected chi connectivity index (χ2v) is 6.00. The fraction of sp³-hybridized carbons (Fsp3) is 0.571. The van der Waals surface area contributed by atoms with E-state index in [9.17, 15) is 4.79 Å². The van der Waals surface area contributed by atoms with Gasteiger partial charge in [-0.25, -0.2) is 0 Å². The summed E-state index contributed by atoms with van der Waals surface area (Å²) in [6.45, 7) is 3.54. The maximum atomic E-state index is 11.8. The SMILES string of the molecule is Cn1ncc(CN2CC(n3cc(N4CCCC4=O)cn3)C2)n1. The molecule has 0 spiro atoms. The molecule has 2 aliphatic rings. The third-order valence-electron chi connectivity index (χ3n) is 4.32. The Labute approximate surface area is 128 Å². The van der Waals surface area contributed by atoms with E-state index in [1.54, 1.807) is 17.2 Å². The molecule has 2 aromatic heterocycles. The summed E-state index contributed by atoms with van der Waals surface area (Å²) < 4.78 is 1.98. The number of hydrogen-bond donors (Lipinski definition) is 0. The topological polar surface area (TPSA) is 72.1 Å². The lowest BCUT2D eigenvalue weighted by molar-refractivity contribution is -0.117. The molecule has 0 saturated carbocycles. The van der Waals surface area contributed by atoms with Gasteiger partial charge in [-0.05, 0) is 6.42 Å². The van der Waals surface area contributed by atoms with E-state index in [1.165, 1.54) is 0 Å².